The second-order valence-corrected chi connectivity index (χ2v) is 6.60. The van der Waals surface area contributed by atoms with Gasteiger partial charge in [0.2, 0.25) is 5.91 Å². The number of carbonyl (C=O) groups is 1. The lowest BCUT2D eigenvalue weighted by Gasteiger charge is -2.15. The van der Waals surface area contributed by atoms with E-state index < -0.39 is 11.4 Å². The minimum absolute atomic E-state index is 0.148. The normalized spacial score (nSPS) is 12.1. The van der Waals surface area contributed by atoms with Gasteiger partial charge in [0.05, 0.1) is 23.3 Å². The van der Waals surface area contributed by atoms with E-state index in [4.69, 9.17) is 0 Å². The summed E-state index contributed by atoms with van der Waals surface area (Å²) in [5, 5.41) is 2.99. The number of benzene rings is 2. The number of fused-ring (bicyclic) bond motifs is 1. The van der Waals surface area contributed by atoms with Crippen molar-refractivity contribution in [2.75, 3.05) is 0 Å². The predicted octanol–water partition coefficient (Wildman–Crippen LogP) is 3.18. The summed E-state index contributed by atoms with van der Waals surface area (Å²) in [4.78, 5) is 28.7. The zero-order valence-electron chi connectivity index (χ0n) is 13.4. The number of hydrogen-bond acceptors (Lipinski definition) is 3. The summed E-state index contributed by atoms with van der Waals surface area (Å²) in [7, 11) is 0. The van der Waals surface area contributed by atoms with E-state index in [1.54, 1.807) is 0 Å². The van der Waals surface area contributed by atoms with Crippen molar-refractivity contribution in [1.82, 2.24) is 14.9 Å². The minimum atomic E-state index is -0.517. The Morgan fingerprint density at radius 1 is 1.32 bits per heavy atom. The highest BCUT2D eigenvalue weighted by Crippen LogP contribution is 2.17. The molecule has 1 heterocycles. The SMILES string of the molecule is CC(NC(=O)Cn1cnc2ccc(F)cc2c1=O)c1cccc(Br)c1. The number of amides is 1. The Bertz CT molecular complexity index is 1000. The van der Waals surface area contributed by atoms with Crippen molar-refractivity contribution in [2.24, 2.45) is 0 Å². The summed E-state index contributed by atoms with van der Waals surface area (Å²) >= 11 is 3.39. The van der Waals surface area contributed by atoms with Gasteiger partial charge in [0.15, 0.2) is 0 Å². The molecule has 1 unspecified atom stereocenters. The van der Waals surface area contributed by atoms with Gasteiger partial charge in [0, 0.05) is 4.47 Å². The first kappa shape index (κ1) is 17.3. The van der Waals surface area contributed by atoms with Crippen LogP contribution in [-0.2, 0) is 11.3 Å². The fourth-order valence-corrected chi connectivity index (χ4v) is 2.96. The molecule has 0 saturated heterocycles. The maximum absolute atomic E-state index is 13.3. The van der Waals surface area contributed by atoms with Gasteiger partial charge in [-0.15, -0.1) is 0 Å². The summed E-state index contributed by atoms with van der Waals surface area (Å²) in [6.07, 6.45) is 1.30. The second-order valence-electron chi connectivity index (χ2n) is 5.68. The van der Waals surface area contributed by atoms with Gasteiger partial charge in [-0.25, -0.2) is 9.37 Å². The van der Waals surface area contributed by atoms with E-state index in [0.717, 1.165) is 16.1 Å². The number of halogens is 2. The molecule has 0 aliphatic heterocycles. The monoisotopic (exact) mass is 403 g/mol. The molecule has 128 valence electrons. The van der Waals surface area contributed by atoms with Crippen LogP contribution in [-0.4, -0.2) is 15.5 Å². The van der Waals surface area contributed by atoms with Crippen molar-refractivity contribution in [2.45, 2.75) is 19.5 Å². The Morgan fingerprint density at radius 2 is 2.12 bits per heavy atom. The zero-order chi connectivity index (χ0) is 18.0. The number of nitrogens with one attached hydrogen (secondary N) is 1. The molecule has 25 heavy (non-hydrogen) atoms. The van der Waals surface area contributed by atoms with Crippen LogP contribution >= 0.6 is 15.9 Å². The maximum Gasteiger partial charge on any atom is 0.261 e. The maximum atomic E-state index is 13.3. The van der Waals surface area contributed by atoms with E-state index in [1.807, 2.05) is 31.2 Å². The molecule has 0 spiro atoms. The molecule has 5 nitrogen and oxygen atoms in total. The average molecular weight is 404 g/mol. The quantitative estimate of drug-likeness (QED) is 0.727. The Kier molecular flexibility index (Phi) is 4.94. The zero-order valence-corrected chi connectivity index (χ0v) is 15.0. The molecular formula is C18H15BrFN3O2. The van der Waals surface area contributed by atoms with E-state index in [1.165, 1.54) is 23.0 Å². The molecule has 0 saturated carbocycles. The fraction of sp³-hybridized carbons (Fsp3) is 0.167. The highest BCUT2D eigenvalue weighted by Gasteiger charge is 2.12. The third-order valence-corrected chi connectivity index (χ3v) is 4.32. The van der Waals surface area contributed by atoms with Gasteiger partial charge in [-0.05, 0) is 42.8 Å². The van der Waals surface area contributed by atoms with Crippen molar-refractivity contribution in [3.8, 4) is 0 Å². The van der Waals surface area contributed by atoms with E-state index in [9.17, 15) is 14.0 Å². The first-order valence-electron chi connectivity index (χ1n) is 7.63. The molecule has 3 aromatic rings. The number of nitrogens with zero attached hydrogens (tertiary/aromatic N) is 2. The fourth-order valence-electron chi connectivity index (χ4n) is 2.54. The number of carbonyl (C=O) groups excluding carboxylic acids is 1. The van der Waals surface area contributed by atoms with Crippen LogP contribution in [0.1, 0.15) is 18.5 Å². The molecule has 1 aromatic heterocycles. The van der Waals surface area contributed by atoms with Gasteiger partial charge in [0.25, 0.3) is 5.56 Å². The van der Waals surface area contributed by atoms with E-state index in [0.29, 0.717) is 5.52 Å². The number of aromatic nitrogens is 2. The summed E-state index contributed by atoms with van der Waals surface area (Å²) in [6, 6.07) is 11.2. The third kappa shape index (κ3) is 3.93. The predicted molar refractivity (Wildman–Crippen MR) is 96.7 cm³/mol. The molecule has 1 N–H and O–H groups in total. The first-order chi connectivity index (χ1) is 11.9. The molecule has 1 amide bonds. The van der Waals surface area contributed by atoms with Crippen LogP contribution in [0.4, 0.5) is 4.39 Å². The third-order valence-electron chi connectivity index (χ3n) is 3.83. The van der Waals surface area contributed by atoms with E-state index in [2.05, 4.69) is 26.2 Å². The van der Waals surface area contributed by atoms with Gasteiger partial charge in [-0.3, -0.25) is 14.2 Å². The van der Waals surface area contributed by atoms with Crippen LogP contribution in [0.2, 0.25) is 0 Å². The summed E-state index contributed by atoms with van der Waals surface area (Å²) < 4.78 is 15.4. The first-order valence-corrected chi connectivity index (χ1v) is 8.43. The minimum Gasteiger partial charge on any atom is -0.348 e. The molecule has 3 rings (SSSR count). The molecular weight excluding hydrogens is 389 g/mol. The smallest absolute Gasteiger partial charge is 0.261 e. The lowest BCUT2D eigenvalue weighted by atomic mass is 10.1. The van der Waals surface area contributed by atoms with Crippen LogP contribution < -0.4 is 10.9 Å². The van der Waals surface area contributed by atoms with Gasteiger partial charge in [-0.1, -0.05) is 28.1 Å². The second kappa shape index (κ2) is 7.14. The molecule has 1 atom stereocenters. The van der Waals surface area contributed by atoms with Crippen molar-refractivity contribution in [1.29, 1.82) is 0 Å². The largest absolute Gasteiger partial charge is 0.348 e. The van der Waals surface area contributed by atoms with Crippen LogP contribution in [0.5, 0.6) is 0 Å². The Hall–Kier alpha value is -2.54. The van der Waals surface area contributed by atoms with Gasteiger partial charge < -0.3 is 5.32 Å². The molecule has 0 fully saturated rings. The molecule has 0 aliphatic rings. The molecule has 0 bridgehead atoms. The summed E-state index contributed by atoms with van der Waals surface area (Å²) in [5.41, 5.74) is 0.883. The highest BCUT2D eigenvalue weighted by atomic mass is 79.9. The molecule has 0 aliphatic carbocycles. The summed E-state index contributed by atoms with van der Waals surface area (Å²) in [6.45, 7) is 1.67. The Labute approximate surface area is 151 Å². The molecule has 0 radical (unpaired) electrons. The van der Waals surface area contributed by atoms with Crippen LogP contribution in [0.3, 0.4) is 0 Å². The number of rotatable bonds is 4. The van der Waals surface area contributed by atoms with Crippen LogP contribution in [0.25, 0.3) is 10.9 Å². The van der Waals surface area contributed by atoms with Crippen LogP contribution in [0, 0.1) is 5.82 Å². The van der Waals surface area contributed by atoms with Gasteiger partial charge in [-0.2, -0.15) is 0 Å². The Balaban J connectivity index is 1.78. The standard InChI is InChI=1S/C18H15BrFN3O2/c1-11(12-3-2-4-13(19)7-12)22-17(24)9-23-10-21-16-6-5-14(20)8-15(16)18(23)25/h2-8,10-11H,9H2,1H3,(H,22,24). The lowest BCUT2D eigenvalue weighted by Crippen LogP contribution is -2.34. The van der Waals surface area contributed by atoms with Crippen molar-refractivity contribution < 1.29 is 9.18 Å². The lowest BCUT2D eigenvalue weighted by molar-refractivity contribution is -0.122. The van der Waals surface area contributed by atoms with Crippen molar-refractivity contribution in [3.05, 3.63) is 75.0 Å². The van der Waals surface area contributed by atoms with Crippen molar-refractivity contribution in [3.63, 3.8) is 0 Å². The van der Waals surface area contributed by atoms with E-state index >= 15 is 0 Å². The average Bonchev–Trinajstić information content (AvgIpc) is 2.58. The topological polar surface area (TPSA) is 64.0 Å². The highest BCUT2D eigenvalue weighted by molar-refractivity contribution is 9.10. The Morgan fingerprint density at radius 3 is 2.88 bits per heavy atom. The van der Waals surface area contributed by atoms with Crippen LogP contribution in [0.15, 0.2) is 58.1 Å². The molecule has 2 aromatic carbocycles. The summed E-state index contributed by atoms with van der Waals surface area (Å²) in [5.74, 6) is -0.844. The van der Waals surface area contributed by atoms with Gasteiger partial charge >= 0.3 is 0 Å². The van der Waals surface area contributed by atoms with E-state index in [-0.39, 0.29) is 23.9 Å². The molecule has 7 heteroatoms. The number of hydrogen-bond donors (Lipinski definition) is 1. The van der Waals surface area contributed by atoms with Crippen molar-refractivity contribution >= 4 is 32.7 Å². The van der Waals surface area contributed by atoms with Gasteiger partial charge in [0.1, 0.15) is 12.4 Å².